The maximum absolute atomic E-state index is 10.9. The van der Waals surface area contributed by atoms with Crippen molar-refractivity contribution in [2.45, 2.75) is 19.8 Å². The average Bonchev–Trinajstić information content (AvgIpc) is 2.02. The van der Waals surface area contributed by atoms with E-state index in [0.717, 1.165) is 23.8 Å². The number of halogens is 1. The number of unbranched alkanes of at least 4 members (excludes halogenated alkanes) is 1. The van der Waals surface area contributed by atoms with Gasteiger partial charge in [-0.25, -0.2) is 0 Å². The maximum Gasteiger partial charge on any atom is 0.231 e. The molecule has 0 aliphatic rings. The van der Waals surface area contributed by atoms with Crippen molar-refractivity contribution in [3.05, 3.63) is 0 Å². The van der Waals surface area contributed by atoms with Crippen LogP contribution in [0.2, 0.25) is 0 Å². The van der Waals surface area contributed by atoms with Crippen molar-refractivity contribution >= 4 is 34.3 Å². The lowest BCUT2D eigenvalue weighted by Gasteiger charge is -2.18. The molecule has 0 aromatic heterocycles. The van der Waals surface area contributed by atoms with E-state index in [1.807, 2.05) is 0 Å². The highest BCUT2D eigenvalue weighted by Gasteiger charge is 2.09. The minimum atomic E-state index is -0.374. The Morgan fingerprint density at radius 2 is 1.93 bits per heavy atom. The summed E-state index contributed by atoms with van der Waals surface area (Å²) in [5.41, 5.74) is 5.08. The van der Waals surface area contributed by atoms with Gasteiger partial charge in [-0.1, -0.05) is 22.6 Å². The number of carbonyl (C=O) groups is 2. The molecule has 0 aliphatic carbocycles. The molecule has 0 aromatic rings. The minimum absolute atomic E-state index is 0.0701. The Bertz CT molecular complexity index is 181. The number of ketones is 1. The van der Waals surface area contributed by atoms with E-state index in [1.165, 1.54) is 6.92 Å². The van der Waals surface area contributed by atoms with Gasteiger partial charge < -0.3 is 5.73 Å². The predicted octanol–water partition coefficient (Wildman–Crippen LogP) is 0.578. The van der Waals surface area contributed by atoms with E-state index in [9.17, 15) is 9.59 Å². The molecule has 0 heterocycles. The number of primary amides is 1. The van der Waals surface area contributed by atoms with Gasteiger partial charge in [0.2, 0.25) is 5.91 Å². The fraction of sp³-hybridized carbons (Fsp3) is 0.778. The Kier molecular flexibility index (Phi) is 8.07. The topological polar surface area (TPSA) is 63.4 Å². The second-order valence-electron chi connectivity index (χ2n) is 3.28. The first-order valence-electron chi connectivity index (χ1n) is 4.62. The lowest BCUT2D eigenvalue weighted by Crippen LogP contribution is -2.37. The third kappa shape index (κ3) is 8.43. The van der Waals surface area contributed by atoms with Crippen LogP contribution in [0.4, 0.5) is 0 Å². The van der Waals surface area contributed by atoms with Crippen LogP contribution < -0.4 is 5.73 Å². The number of hydrogen-bond donors (Lipinski definition) is 1. The summed E-state index contributed by atoms with van der Waals surface area (Å²) >= 11 is 2.31. The molecule has 0 fully saturated rings. The highest BCUT2D eigenvalue weighted by Crippen LogP contribution is 1.98. The van der Waals surface area contributed by atoms with Gasteiger partial charge >= 0.3 is 0 Å². The number of nitrogens with zero attached hydrogens (tertiary/aromatic N) is 1. The molecule has 0 aliphatic heterocycles. The van der Waals surface area contributed by atoms with Crippen LogP contribution >= 0.6 is 22.6 Å². The fourth-order valence-corrected chi connectivity index (χ4v) is 1.72. The Labute approximate surface area is 98.3 Å². The van der Waals surface area contributed by atoms with E-state index in [4.69, 9.17) is 5.73 Å². The van der Waals surface area contributed by atoms with E-state index >= 15 is 0 Å². The lowest BCUT2D eigenvalue weighted by molar-refractivity contribution is -0.121. The van der Waals surface area contributed by atoms with Gasteiger partial charge in [-0.2, -0.15) is 0 Å². The number of carbonyl (C=O) groups excluding carboxylic acids is 2. The number of Topliss-reactive ketones (excluding diaryl/α,β-unsaturated/α-hetero) is 1. The first-order chi connectivity index (χ1) is 6.56. The molecule has 1 amide bonds. The first-order valence-corrected chi connectivity index (χ1v) is 6.15. The molecular weight excluding hydrogens is 295 g/mol. The van der Waals surface area contributed by atoms with Gasteiger partial charge in [0.25, 0.3) is 0 Å². The first kappa shape index (κ1) is 13.8. The minimum Gasteiger partial charge on any atom is -0.369 e. The van der Waals surface area contributed by atoms with Crippen molar-refractivity contribution in [3.8, 4) is 0 Å². The summed E-state index contributed by atoms with van der Waals surface area (Å²) < 4.78 is 1.10. The molecule has 0 atom stereocenters. The maximum atomic E-state index is 10.9. The van der Waals surface area contributed by atoms with Gasteiger partial charge in [0, 0.05) is 0 Å². The quantitative estimate of drug-likeness (QED) is 0.405. The zero-order chi connectivity index (χ0) is 11.0. The van der Waals surface area contributed by atoms with Crippen LogP contribution in [0.25, 0.3) is 0 Å². The van der Waals surface area contributed by atoms with Crippen molar-refractivity contribution < 1.29 is 9.59 Å². The summed E-state index contributed by atoms with van der Waals surface area (Å²) in [5, 5.41) is 0. The molecule has 0 aromatic carbocycles. The largest absolute Gasteiger partial charge is 0.369 e. The lowest BCUT2D eigenvalue weighted by atomic mass is 10.3. The molecule has 0 spiro atoms. The normalized spacial score (nSPS) is 10.5. The van der Waals surface area contributed by atoms with Gasteiger partial charge in [0.15, 0.2) is 0 Å². The SMILES string of the molecule is CC(=O)CN(CCCCI)CC(N)=O. The van der Waals surface area contributed by atoms with Crippen LogP contribution in [0.1, 0.15) is 19.8 Å². The molecule has 82 valence electrons. The summed E-state index contributed by atoms with van der Waals surface area (Å²) in [6, 6.07) is 0. The molecule has 0 unspecified atom stereocenters. The van der Waals surface area contributed by atoms with Crippen molar-refractivity contribution in [1.29, 1.82) is 0 Å². The third-order valence-electron chi connectivity index (χ3n) is 1.68. The Balaban J connectivity index is 3.84. The molecular formula is C9H17IN2O2. The summed E-state index contributed by atoms with van der Waals surface area (Å²) in [6.45, 7) is 2.79. The Hall–Kier alpha value is -0.170. The number of hydrogen-bond acceptors (Lipinski definition) is 3. The molecule has 0 saturated heterocycles. The fourth-order valence-electron chi connectivity index (χ4n) is 1.18. The van der Waals surface area contributed by atoms with Crippen molar-refractivity contribution in [2.24, 2.45) is 5.73 Å². The standard InChI is InChI=1S/C9H17IN2O2/c1-8(13)6-12(7-9(11)14)5-3-2-4-10/h2-7H2,1H3,(H2,11,14). The van der Waals surface area contributed by atoms with Crippen LogP contribution in [0.5, 0.6) is 0 Å². The summed E-state index contributed by atoms with van der Waals surface area (Å²) in [7, 11) is 0. The van der Waals surface area contributed by atoms with Gasteiger partial charge in [-0.05, 0) is 30.7 Å². The zero-order valence-electron chi connectivity index (χ0n) is 8.46. The highest BCUT2D eigenvalue weighted by molar-refractivity contribution is 14.1. The van der Waals surface area contributed by atoms with Gasteiger partial charge in [-0.15, -0.1) is 0 Å². The molecule has 0 bridgehead atoms. The van der Waals surface area contributed by atoms with Crippen LogP contribution in [-0.2, 0) is 9.59 Å². The summed E-state index contributed by atoms with van der Waals surface area (Å²) in [5.74, 6) is -0.304. The van der Waals surface area contributed by atoms with Crippen LogP contribution in [0.15, 0.2) is 0 Å². The van der Waals surface area contributed by atoms with Crippen molar-refractivity contribution in [3.63, 3.8) is 0 Å². The number of amides is 1. The van der Waals surface area contributed by atoms with Crippen LogP contribution in [-0.4, -0.2) is 40.7 Å². The number of nitrogens with two attached hydrogens (primary N) is 1. The number of rotatable bonds is 8. The highest BCUT2D eigenvalue weighted by atomic mass is 127. The molecule has 4 nitrogen and oxygen atoms in total. The van der Waals surface area contributed by atoms with E-state index in [0.29, 0.717) is 6.54 Å². The molecule has 0 rings (SSSR count). The smallest absolute Gasteiger partial charge is 0.231 e. The molecule has 0 saturated carbocycles. The zero-order valence-corrected chi connectivity index (χ0v) is 10.6. The van der Waals surface area contributed by atoms with Gasteiger partial charge in [-0.3, -0.25) is 14.5 Å². The van der Waals surface area contributed by atoms with Gasteiger partial charge in [0.1, 0.15) is 5.78 Å². The van der Waals surface area contributed by atoms with Gasteiger partial charge in [0.05, 0.1) is 13.1 Å². The van der Waals surface area contributed by atoms with Crippen molar-refractivity contribution in [1.82, 2.24) is 4.90 Å². The van der Waals surface area contributed by atoms with E-state index < -0.39 is 0 Å². The summed E-state index contributed by atoms with van der Waals surface area (Å²) in [4.78, 5) is 23.4. The van der Waals surface area contributed by atoms with Crippen molar-refractivity contribution in [2.75, 3.05) is 24.1 Å². The third-order valence-corrected chi connectivity index (χ3v) is 2.45. The Morgan fingerprint density at radius 3 is 2.36 bits per heavy atom. The number of alkyl halides is 1. The van der Waals surface area contributed by atoms with Crippen LogP contribution in [0.3, 0.4) is 0 Å². The molecule has 2 N–H and O–H groups in total. The molecule has 14 heavy (non-hydrogen) atoms. The second-order valence-corrected chi connectivity index (χ2v) is 4.35. The molecule has 5 heteroatoms. The molecule has 0 radical (unpaired) electrons. The predicted molar refractivity (Wildman–Crippen MR) is 64.4 cm³/mol. The average molecular weight is 312 g/mol. The Morgan fingerprint density at radius 1 is 1.29 bits per heavy atom. The van der Waals surface area contributed by atoms with Crippen LogP contribution in [0, 0.1) is 0 Å². The summed E-state index contributed by atoms with van der Waals surface area (Å²) in [6.07, 6.45) is 2.11. The van der Waals surface area contributed by atoms with E-state index in [1.54, 1.807) is 4.90 Å². The monoisotopic (exact) mass is 312 g/mol. The second kappa shape index (κ2) is 8.16. The van der Waals surface area contributed by atoms with E-state index in [-0.39, 0.29) is 18.2 Å². The van der Waals surface area contributed by atoms with E-state index in [2.05, 4.69) is 22.6 Å².